The second-order valence-electron chi connectivity index (χ2n) is 4.55. The van der Waals surface area contributed by atoms with Crippen LogP contribution in [-0.4, -0.2) is 39.4 Å². The first kappa shape index (κ1) is 17.3. The Morgan fingerprint density at radius 3 is 2.81 bits per heavy atom. The Bertz CT molecular complexity index is 422. The standard InChI is InChI=1S/C16H27N3O2/c1-4-17-16(18-10-7-11-20-3)19-13-14-8-6-9-15(12-14)21-5-2/h6,8-9,12H,4-5,7,10-11,13H2,1-3H3,(H2,17,18,19). The van der Waals surface area contributed by atoms with E-state index in [4.69, 9.17) is 9.47 Å². The molecular weight excluding hydrogens is 266 g/mol. The van der Waals surface area contributed by atoms with Crippen LogP contribution in [0.3, 0.4) is 0 Å². The van der Waals surface area contributed by atoms with Crippen molar-refractivity contribution in [2.45, 2.75) is 26.8 Å². The smallest absolute Gasteiger partial charge is 0.191 e. The van der Waals surface area contributed by atoms with E-state index in [0.717, 1.165) is 43.4 Å². The van der Waals surface area contributed by atoms with Crippen molar-refractivity contribution in [2.24, 2.45) is 4.99 Å². The average molecular weight is 293 g/mol. The molecule has 0 saturated heterocycles. The molecule has 1 aromatic rings. The van der Waals surface area contributed by atoms with Crippen molar-refractivity contribution in [1.82, 2.24) is 10.6 Å². The first-order chi connectivity index (χ1) is 10.3. The molecule has 5 nitrogen and oxygen atoms in total. The molecular formula is C16H27N3O2. The molecule has 0 aliphatic rings. The Morgan fingerprint density at radius 2 is 2.10 bits per heavy atom. The second-order valence-corrected chi connectivity index (χ2v) is 4.55. The van der Waals surface area contributed by atoms with E-state index in [9.17, 15) is 0 Å². The zero-order chi connectivity index (χ0) is 15.3. The van der Waals surface area contributed by atoms with E-state index in [1.807, 2.05) is 25.1 Å². The molecule has 0 spiro atoms. The Morgan fingerprint density at radius 1 is 1.24 bits per heavy atom. The maximum atomic E-state index is 5.50. The predicted molar refractivity (Wildman–Crippen MR) is 86.9 cm³/mol. The molecule has 1 rings (SSSR count). The number of aliphatic imine (C=N–C) groups is 1. The fraction of sp³-hybridized carbons (Fsp3) is 0.562. The molecule has 2 N–H and O–H groups in total. The van der Waals surface area contributed by atoms with Crippen molar-refractivity contribution in [3.8, 4) is 5.75 Å². The van der Waals surface area contributed by atoms with Gasteiger partial charge in [-0.1, -0.05) is 12.1 Å². The van der Waals surface area contributed by atoms with Gasteiger partial charge in [0.2, 0.25) is 0 Å². The Balaban J connectivity index is 2.53. The number of benzene rings is 1. The van der Waals surface area contributed by atoms with Crippen molar-refractivity contribution >= 4 is 5.96 Å². The molecule has 1 aromatic carbocycles. The quantitative estimate of drug-likeness (QED) is 0.416. The Kier molecular flexibility index (Phi) is 9.04. The van der Waals surface area contributed by atoms with Gasteiger partial charge in [-0.2, -0.15) is 0 Å². The summed E-state index contributed by atoms with van der Waals surface area (Å²) < 4.78 is 10.5. The van der Waals surface area contributed by atoms with Crippen LogP contribution in [0.1, 0.15) is 25.8 Å². The maximum Gasteiger partial charge on any atom is 0.191 e. The molecule has 0 unspecified atom stereocenters. The van der Waals surface area contributed by atoms with Crippen LogP contribution in [0.4, 0.5) is 0 Å². The summed E-state index contributed by atoms with van der Waals surface area (Å²) in [6.07, 6.45) is 0.959. The van der Waals surface area contributed by atoms with Gasteiger partial charge >= 0.3 is 0 Å². The van der Waals surface area contributed by atoms with E-state index >= 15 is 0 Å². The van der Waals surface area contributed by atoms with Crippen molar-refractivity contribution in [1.29, 1.82) is 0 Å². The molecule has 0 aliphatic carbocycles. The zero-order valence-corrected chi connectivity index (χ0v) is 13.3. The molecule has 0 atom stereocenters. The van der Waals surface area contributed by atoms with E-state index in [1.54, 1.807) is 7.11 Å². The summed E-state index contributed by atoms with van der Waals surface area (Å²) >= 11 is 0. The van der Waals surface area contributed by atoms with Gasteiger partial charge in [0.25, 0.3) is 0 Å². The number of methoxy groups -OCH3 is 1. The zero-order valence-electron chi connectivity index (χ0n) is 13.3. The molecule has 0 fully saturated rings. The number of nitrogens with zero attached hydrogens (tertiary/aromatic N) is 1. The van der Waals surface area contributed by atoms with Crippen LogP contribution in [0.25, 0.3) is 0 Å². The third kappa shape index (κ3) is 7.56. The van der Waals surface area contributed by atoms with Gasteiger partial charge in [0.1, 0.15) is 5.75 Å². The van der Waals surface area contributed by atoms with Gasteiger partial charge in [-0.05, 0) is 38.0 Å². The minimum absolute atomic E-state index is 0.626. The average Bonchev–Trinajstić information content (AvgIpc) is 2.50. The summed E-state index contributed by atoms with van der Waals surface area (Å²) in [5.41, 5.74) is 1.13. The van der Waals surface area contributed by atoms with Gasteiger partial charge in [-0.25, -0.2) is 4.99 Å². The molecule has 5 heteroatoms. The van der Waals surface area contributed by atoms with E-state index in [-0.39, 0.29) is 0 Å². The fourth-order valence-corrected chi connectivity index (χ4v) is 1.84. The number of guanidine groups is 1. The largest absolute Gasteiger partial charge is 0.494 e. The molecule has 118 valence electrons. The minimum atomic E-state index is 0.626. The third-order valence-electron chi connectivity index (χ3n) is 2.79. The monoisotopic (exact) mass is 293 g/mol. The number of nitrogens with one attached hydrogen (secondary N) is 2. The van der Waals surface area contributed by atoms with Crippen LogP contribution >= 0.6 is 0 Å². The summed E-state index contributed by atoms with van der Waals surface area (Å²) in [6.45, 7) is 7.79. The van der Waals surface area contributed by atoms with Crippen LogP contribution < -0.4 is 15.4 Å². The summed E-state index contributed by atoms with van der Waals surface area (Å²) in [6, 6.07) is 8.04. The van der Waals surface area contributed by atoms with Gasteiger partial charge in [0, 0.05) is 26.8 Å². The number of hydrogen-bond donors (Lipinski definition) is 2. The Hall–Kier alpha value is -1.75. The molecule has 0 saturated carbocycles. The second kappa shape index (κ2) is 11.0. The first-order valence-corrected chi connectivity index (χ1v) is 7.53. The highest BCUT2D eigenvalue weighted by Gasteiger charge is 1.99. The maximum absolute atomic E-state index is 5.50. The first-order valence-electron chi connectivity index (χ1n) is 7.53. The van der Waals surface area contributed by atoms with Crippen LogP contribution in [0, 0.1) is 0 Å². The van der Waals surface area contributed by atoms with Crippen LogP contribution in [0.5, 0.6) is 5.75 Å². The molecule has 0 radical (unpaired) electrons. The van der Waals surface area contributed by atoms with Crippen molar-refractivity contribution < 1.29 is 9.47 Å². The minimum Gasteiger partial charge on any atom is -0.494 e. The van der Waals surface area contributed by atoms with E-state index < -0.39 is 0 Å². The van der Waals surface area contributed by atoms with E-state index in [1.165, 1.54) is 0 Å². The van der Waals surface area contributed by atoms with E-state index in [0.29, 0.717) is 13.2 Å². The van der Waals surface area contributed by atoms with Crippen LogP contribution in [-0.2, 0) is 11.3 Å². The summed E-state index contributed by atoms with van der Waals surface area (Å²) in [4.78, 5) is 4.58. The highest BCUT2D eigenvalue weighted by atomic mass is 16.5. The summed E-state index contributed by atoms with van der Waals surface area (Å²) in [5, 5.41) is 6.53. The molecule has 0 aromatic heterocycles. The topological polar surface area (TPSA) is 54.9 Å². The van der Waals surface area contributed by atoms with Crippen molar-refractivity contribution in [2.75, 3.05) is 33.4 Å². The molecule has 0 bridgehead atoms. The predicted octanol–water partition coefficient (Wildman–Crippen LogP) is 2.18. The van der Waals surface area contributed by atoms with Crippen LogP contribution in [0.15, 0.2) is 29.3 Å². The van der Waals surface area contributed by atoms with Gasteiger partial charge < -0.3 is 20.1 Å². The molecule has 0 amide bonds. The lowest BCUT2D eigenvalue weighted by molar-refractivity contribution is 0.195. The summed E-state index contributed by atoms with van der Waals surface area (Å²) in [7, 11) is 1.71. The highest BCUT2D eigenvalue weighted by molar-refractivity contribution is 5.79. The number of hydrogen-bond acceptors (Lipinski definition) is 3. The number of rotatable bonds is 9. The normalized spacial score (nSPS) is 11.3. The molecule has 0 heterocycles. The lowest BCUT2D eigenvalue weighted by Gasteiger charge is -2.11. The van der Waals surface area contributed by atoms with E-state index in [2.05, 4.69) is 28.6 Å². The lowest BCUT2D eigenvalue weighted by Crippen LogP contribution is -2.38. The fourth-order valence-electron chi connectivity index (χ4n) is 1.84. The lowest BCUT2D eigenvalue weighted by atomic mass is 10.2. The van der Waals surface area contributed by atoms with Crippen molar-refractivity contribution in [3.05, 3.63) is 29.8 Å². The molecule has 21 heavy (non-hydrogen) atoms. The third-order valence-corrected chi connectivity index (χ3v) is 2.79. The highest BCUT2D eigenvalue weighted by Crippen LogP contribution is 2.13. The van der Waals surface area contributed by atoms with Crippen molar-refractivity contribution in [3.63, 3.8) is 0 Å². The SMILES string of the molecule is CCNC(=NCc1cccc(OCC)c1)NCCCOC. The molecule has 0 aliphatic heterocycles. The van der Waals surface area contributed by atoms with Crippen LogP contribution in [0.2, 0.25) is 0 Å². The van der Waals surface area contributed by atoms with Gasteiger partial charge in [-0.3, -0.25) is 0 Å². The Labute approximate surface area is 127 Å². The van der Waals surface area contributed by atoms with Gasteiger partial charge in [0.15, 0.2) is 5.96 Å². The summed E-state index contributed by atoms with van der Waals surface area (Å²) in [5.74, 6) is 1.72. The number of ether oxygens (including phenoxy) is 2. The van der Waals surface area contributed by atoms with Gasteiger partial charge in [-0.15, -0.1) is 0 Å². The van der Waals surface area contributed by atoms with Gasteiger partial charge in [0.05, 0.1) is 13.2 Å².